The lowest BCUT2D eigenvalue weighted by molar-refractivity contribution is 0.160. The summed E-state index contributed by atoms with van der Waals surface area (Å²) in [5, 5.41) is 18.4. The molecule has 1 aromatic rings. The first-order valence-electron chi connectivity index (χ1n) is 4.63. The van der Waals surface area contributed by atoms with Crippen molar-refractivity contribution in [3.8, 4) is 5.75 Å². The zero-order chi connectivity index (χ0) is 10.1. The van der Waals surface area contributed by atoms with Crippen LogP contribution in [0.4, 0.5) is 0 Å². The number of hydrogen-bond donors (Lipinski definition) is 3. The van der Waals surface area contributed by atoms with Crippen LogP contribution < -0.4 is 5.48 Å². The molecule has 0 fully saturated rings. The Morgan fingerprint density at radius 2 is 2.21 bits per heavy atom. The van der Waals surface area contributed by atoms with Gasteiger partial charge in [-0.15, -0.1) is 0 Å². The average Bonchev–Trinajstić information content (AvgIpc) is 2.62. The van der Waals surface area contributed by atoms with Crippen molar-refractivity contribution < 1.29 is 10.3 Å². The van der Waals surface area contributed by atoms with Crippen molar-refractivity contribution in [1.29, 1.82) is 0 Å². The highest BCUT2D eigenvalue weighted by molar-refractivity contribution is 9.10. The maximum absolute atomic E-state index is 9.79. The van der Waals surface area contributed by atoms with E-state index < -0.39 is 0 Å². The first-order valence-corrected chi connectivity index (χ1v) is 5.42. The van der Waals surface area contributed by atoms with Crippen LogP contribution in [0.5, 0.6) is 5.75 Å². The molecule has 0 radical (unpaired) electrons. The Bertz CT molecular complexity index is 366. The van der Waals surface area contributed by atoms with Gasteiger partial charge in [-0.1, -0.05) is 6.07 Å². The van der Waals surface area contributed by atoms with Crippen LogP contribution >= 0.6 is 15.9 Å². The summed E-state index contributed by atoms with van der Waals surface area (Å²) in [5.74, 6) is 0.243. The van der Waals surface area contributed by atoms with Gasteiger partial charge < -0.3 is 10.3 Å². The quantitative estimate of drug-likeness (QED) is 0.712. The van der Waals surface area contributed by atoms with E-state index in [0.29, 0.717) is 0 Å². The van der Waals surface area contributed by atoms with Gasteiger partial charge in [-0.25, -0.2) is 5.48 Å². The molecule has 2 rings (SSSR count). The van der Waals surface area contributed by atoms with E-state index in [1.54, 1.807) is 0 Å². The van der Waals surface area contributed by atoms with Gasteiger partial charge in [0.1, 0.15) is 5.75 Å². The topological polar surface area (TPSA) is 52.5 Å². The van der Waals surface area contributed by atoms with E-state index in [2.05, 4.69) is 21.4 Å². The van der Waals surface area contributed by atoms with Gasteiger partial charge in [0.15, 0.2) is 0 Å². The Labute approximate surface area is 90.8 Å². The van der Waals surface area contributed by atoms with Crippen LogP contribution in [0.15, 0.2) is 10.5 Å². The SMILES string of the molecule is ONCc1cc2c(c(Br)c1O)CCC2. The van der Waals surface area contributed by atoms with Crippen LogP contribution in [0, 0.1) is 0 Å². The number of phenolic OH excluding ortho intramolecular Hbond substituents is 1. The third-order valence-corrected chi connectivity index (χ3v) is 3.51. The normalized spacial score (nSPS) is 14.4. The second kappa shape index (κ2) is 3.88. The highest BCUT2D eigenvalue weighted by Crippen LogP contribution is 2.38. The van der Waals surface area contributed by atoms with Crippen molar-refractivity contribution in [2.24, 2.45) is 0 Å². The predicted molar refractivity (Wildman–Crippen MR) is 56.5 cm³/mol. The number of rotatable bonds is 2. The number of halogens is 1. The number of benzene rings is 1. The summed E-state index contributed by atoms with van der Waals surface area (Å²) in [6, 6.07) is 1.96. The van der Waals surface area contributed by atoms with Crippen LogP contribution in [-0.2, 0) is 19.4 Å². The highest BCUT2D eigenvalue weighted by Gasteiger charge is 2.19. The summed E-state index contributed by atoms with van der Waals surface area (Å²) in [6.45, 7) is 0.276. The predicted octanol–water partition coefficient (Wildman–Crippen LogP) is 2.12. The molecule has 14 heavy (non-hydrogen) atoms. The molecule has 0 heterocycles. The van der Waals surface area contributed by atoms with Gasteiger partial charge in [0.05, 0.1) is 4.47 Å². The Kier molecular flexibility index (Phi) is 2.76. The summed E-state index contributed by atoms with van der Waals surface area (Å²) in [4.78, 5) is 0. The minimum atomic E-state index is 0.243. The Morgan fingerprint density at radius 3 is 2.93 bits per heavy atom. The Balaban J connectivity index is 2.49. The van der Waals surface area contributed by atoms with Gasteiger partial charge in [-0.05, 0) is 46.3 Å². The molecule has 0 aliphatic heterocycles. The molecule has 0 saturated carbocycles. The van der Waals surface area contributed by atoms with Crippen LogP contribution in [-0.4, -0.2) is 10.3 Å². The van der Waals surface area contributed by atoms with Crippen LogP contribution in [0.3, 0.4) is 0 Å². The largest absolute Gasteiger partial charge is 0.506 e. The van der Waals surface area contributed by atoms with Gasteiger partial charge in [0, 0.05) is 12.1 Å². The van der Waals surface area contributed by atoms with Gasteiger partial charge in [0.25, 0.3) is 0 Å². The van der Waals surface area contributed by atoms with Crippen molar-refractivity contribution >= 4 is 15.9 Å². The molecule has 0 amide bonds. The molecule has 4 heteroatoms. The average molecular weight is 258 g/mol. The summed E-state index contributed by atoms with van der Waals surface area (Å²) in [6.07, 6.45) is 3.23. The molecule has 1 aliphatic carbocycles. The second-order valence-electron chi connectivity index (χ2n) is 3.52. The maximum Gasteiger partial charge on any atom is 0.134 e. The minimum Gasteiger partial charge on any atom is -0.506 e. The Morgan fingerprint density at radius 1 is 1.43 bits per heavy atom. The molecule has 0 bridgehead atoms. The lowest BCUT2D eigenvalue weighted by Gasteiger charge is -2.10. The molecule has 0 saturated heterocycles. The lowest BCUT2D eigenvalue weighted by atomic mass is 10.1. The number of hydrogen-bond acceptors (Lipinski definition) is 3. The minimum absolute atomic E-state index is 0.243. The number of phenols is 1. The van der Waals surface area contributed by atoms with Crippen molar-refractivity contribution in [2.45, 2.75) is 25.8 Å². The highest BCUT2D eigenvalue weighted by atomic mass is 79.9. The fraction of sp³-hybridized carbons (Fsp3) is 0.400. The molecule has 3 N–H and O–H groups in total. The molecule has 1 aromatic carbocycles. The monoisotopic (exact) mass is 257 g/mol. The zero-order valence-corrected chi connectivity index (χ0v) is 9.26. The number of fused-ring (bicyclic) bond motifs is 1. The third kappa shape index (κ3) is 1.54. The van der Waals surface area contributed by atoms with Gasteiger partial charge >= 0.3 is 0 Å². The summed E-state index contributed by atoms with van der Waals surface area (Å²) in [5.41, 5.74) is 5.29. The number of aryl methyl sites for hydroxylation is 1. The van der Waals surface area contributed by atoms with E-state index in [-0.39, 0.29) is 12.3 Å². The number of hydroxylamine groups is 1. The van der Waals surface area contributed by atoms with E-state index in [1.807, 2.05) is 6.07 Å². The number of aromatic hydroxyl groups is 1. The lowest BCUT2D eigenvalue weighted by Crippen LogP contribution is -2.07. The summed E-state index contributed by atoms with van der Waals surface area (Å²) in [7, 11) is 0. The van der Waals surface area contributed by atoms with E-state index in [4.69, 9.17) is 5.21 Å². The summed E-state index contributed by atoms with van der Waals surface area (Å²) >= 11 is 3.39. The van der Waals surface area contributed by atoms with Crippen molar-refractivity contribution in [3.63, 3.8) is 0 Å². The standard InChI is InChI=1S/C10H12BrNO2/c11-9-8-3-1-2-6(8)4-7(5-12-14)10(9)13/h4,12-14H,1-3,5H2. The fourth-order valence-electron chi connectivity index (χ4n) is 1.96. The van der Waals surface area contributed by atoms with E-state index in [9.17, 15) is 5.11 Å². The van der Waals surface area contributed by atoms with Crippen LogP contribution in [0.25, 0.3) is 0 Å². The zero-order valence-electron chi connectivity index (χ0n) is 7.68. The van der Waals surface area contributed by atoms with Crippen molar-refractivity contribution in [2.75, 3.05) is 0 Å². The summed E-state index contributed by atoms with van der Waals surface area (Å²) < 4.78 is 0.790. The maximum atomic E-state index is 9.79. The first-order chi connectivity index (χ1) is 6.74. The van der Waals surface area contributed by atoms with Crippen molar-refractivity contribution in [3.05, 3.63) is 27.2 Å². The molecular formula is C10H12BrNO2. The van der Waals surface area contributed by atoms with Crippen LogP contribution in [0.2, 0.25) is 0 Å². The third-order valence-electron chi connectivity index (χ3n) is 2.66. The second-order valence-corrected chi connectivity index (χ2v) is 4.32. The molecule has 0 aromatic heterocycles. The Hall–Kier alpha value is -0.580. The molecule has 0 unspecified atom stereocenters. The molecule has 76 valence electrons. The van der Waals surface area contributed by atoms with E-state index in [1.165, 1.54) is 11.1 Å². The fourth-order valence-corrected chi connectivity index (χ4v) is 2.67. The number of nitrogens with one attached hydrogen (secondary N) is 1. The van der Waals surface area contributed by atoms with Crippen molar-refractivity contribution in [1.82, 2.24) is 5.48 Å². The molecule has 3 nitrogen and oxygen atoms in total. The molecular weight excluding hydrogens is 246 g/mol. The van der Waals surface area contributed by atoms with Gasteiger partial charge in [-0.3, -0.25) is 0 Å². The van der Waals surface area contributed by atoms with Crippen LogP contribution in [0.1, 0.15) is 23.1 Å². The van der Waals surface area contributed by atoms with Gasteiger partial charge in [0.2, 0.25) is 0 Å². The smallest absolute Gasteiger partial charge is 0.134 e. The van der Waals surface area contributed by atoms with E-state index >= 15 is 0 Å². The molecule has 1 aliphatic rings. The van der Waals surface area contributed by atoms with Gasteiger partial charge in [-0.2, -0.15) is 0 Å². The molecule has 0 spiro atoms. The first kappa shape index (κ1) is 9.96. The molecule has 0 atom stereocenters. The van der Waals surface area contributed by atoms with E-state index in [0.717, 1.165) is 29.3 Å².